The van der Waals surface area contributed by atoms with Gasteiger partial charge in [0.25, 0.3) is 5.91 Å². The molecule has 1 aromatic carbocycles. The Labute approximate surface area is 144 Å². The number of carbonyl (C=O) groups is 2. The van der Waals surface area contributed by atoms with Crippen LogP contribution in [0.3, 0.4) is 0 Å². The van der Waals surface area contributed by atoms with Crippen LogP contribution in [0.5, 0.6) is 5.75 Å². The van der Waals surface area contributed by atoms with E-state index in [0.29, 0.717) is 16.8 Å². The standard InChI is InChI=1S/C16H22BrFN2O3/c1-5-20(9-15(21)19-10(2)3)16(22)11(4)23-14-7-6-12(18)8-13(14)17/h6-8,10-11H,5,9H2,1-4H3,(H,19,21). The van der Waals surface area contributed by atoms with Gasteiger partial charge in [-0.05, 0) is 61.8 Å². The number of hydrogen-bond acceptors (Lipinski definition) is 3. The molecule has 1 aromatic rings. The summed E-state index contributed by atoms with van der Waals surface area (Å²) in [5, 5.41) is 2.74. The molecule has 128 valence electrons. The van der Waals surface area contributed by atoms with E-state index in [2.05, 4.69) is 21.2 Å². The molecule has 2 amide bonds. The lowest BCUT2D eigenvalue weighted by atomic mass is 10.3. The molecule has 0 fully saturated rings. The van der Waals surface area contributed by atoms with E-state index in [9.17, 15) is 14.0 Å². The predicted molar refractivity (Wildman–Crippen MR) is 89.7 cm³/mol. The number of amides is 2. The van der Waals surface area contributed by atoms with Crippen LogP contribution in [0.2, 0.25) is 0 Å². The summed E-state index contributed by atoms with van der Waals surface area (Å²) < 4.78 is 19.1. The average Bonchev–Trinajstić information content (AvgIpc) is 2.46. The van der Waals surface area contributed by atoms with Gasteiger partial charge in [0, 0.05) is 12.6 Å². The quantitative estimate of drug-likeness (QED) is 0.780. The van der Waals surface area contributed by atoms with Gasteiger partial charge in [0.1, 0.15) is 11.6 Å². The predicted octanol–water partition coefficient (Wildman–Crippen LogP) is 2.73. The van der Waals surface area contributed by atoms with Gasteiger partial charge in [0.05, 0.1) is 11.0 Å². The number of benzene rings is 1. The monoisotopic (exact) mass is 388 g/mol. The van der Waals surface area contributed by atoms with Gasteiger partial charge >= 0.3 is 0 Å². The van der Waals surface area contributed by atoms with Gasteiger partial charge in [0.2, 0.25) is 5.91 Å². The van der Waals surface area contributed by atoms with Crippen molar-refractivity contribution in [2.24, 2.45) is 0 Å². The Bertz CT molecular complexity index is 566. The number of rotatable bonds is 7. The fourth-order valence-corrected chi connectivity index (χ4v) is 2.40. The van der Waals surface area contributed by atoms with Crippen molar-refractivity contribution in [3.63, 3.8) is 0 Å². The molecule has 0 bridgehead atoms. The highest BCUT2D eigenvalue weighted by Gasteiger charge is 2.23. The Balaban J connectivity index is 2.71. The van der Waals surface area contributed by atoms with Gasteiger partial charge in [-0.3, -0.25) is 9.59 Å². The molecule has 1 atom stereocenters. The van der Waals surface area contributed by atoms with Crippen molar-refractivity contribution in [1.82, 2.24) is 10.2 Å². The first-order valence-electron chi connectivity index (χ1n) is 7.44. The molecule has 0 radical (unpaired) electrons. The first-order valence-corrected chi connectivity index (χ1v) is 8.23. The summed E-state index contributed by atoms with van der Waals surface area (Å²) in [4.78, 5) is 25.6. The van der Waals surface area contributed by atoms with E-state index >= 15 is 0 Å². The second-order valence-corrected chi connectivity index (χ2v) is 6.26. The van der Waals surface area contributed by atoms with E-state index in [1.54, 1.807) is 13.8 Å². The maximum Gasteiger partial charge on any atom is 0.263 e. The molecule has 0 saturated carbocycles. The molecular weight excluding hydrogens is 367 g/mol. The molecule has 1 rings (SSSR count). The van der Waals surface area contributed by atoms with Crippen molar-refractivity contribution in [1.29, 1.82) is 0 Å². The van der Waals surface area contributed by atoms with Crippen molar-refractivity contribution in [3.8, 4) is 5.75 Å². The van der Waals surface area contributed by atoms with Gasteiger partial charge in [-0.15, -0.1) is 0 Å². The van der Waals surface area contributed by atoms with E-state index in [1.807, 2.05) is 13.8 Å². The normalized spacial score (nSPS) is 12.0. The summed E-state index contributed by atoms with van der Waals surface area (Å²) in [6.45, 7) is 7.47. The Morgan fingerprint density at radius 1 is 1.35 bits per heavy atom. The van der Waals surface area contributed by atoms with Crippen LogP contribution in [-0.2, 0) is 9.59 Å². The second kappa shape index (κ2) is 8.86. The molecule has 1 unspecified atom stereocenters. The number of halogens is 2. The lowest BCUT2D eigenvalue weighted by molar-refractivity contribution is -0.141. The molecule has 0 aliphatic heterocycles. The zero-order valence-electron chi connectivity index (χ0n) is 13.7. The fourth-order valence-electron chi connectivity index (χ4n) is 1.96. The van der Waals surface area contributed by atoms with E-state index in [4.69, 9.17) is 4.74 Å². The molecule has 0 aromatic heterocycles. The third-order valence-electron chi connectivity index (χ3n) is 3.02. The highest BCUT2D eigenvalue weighted by Crippen LogP contribution is 2.26. The summed E-state index contributed by atoms with van der Waals surface area (Å²) in [6.07, 6.45) is -0.788. The summed E-state index contributed by atoms with van der Waals surface area (Å²) >= 11 is 3.19. The zero-order chi connectivity index (χ0) is 17.6. The Morgan fingerprint density at radius 3 is 2.52 bits per heavy atom. The van der Waals surface area contributed by atoms with Crippen LogP contribution in [0.4, 0.5) is 4.39 Å². The minimum atomic E-state index is -0.788. The summed E-state index contributed by atoms with van der Waals surface area (Å²) in [5.41, 5.74) is 0. The van der Waals surface area contributed by atoms with Crippen LogP contribution in [0.15, 0.2) is 22.7 Å². The first-order chi connectivity index (χ1) is 10.7. The van der Waals surface area contributed by atoms with Crippen molar-refractivity contribution < 1.29 is 18.7 Å². The van der Waals surface area contributed by atoms with Crippen LogP contribution < -0.4 is 10.1 Å². The van der Waals surface area contributed by atoms with Crippen LogP contribution in [0.1, 0.15) is 27.7 Å². The van der Waals surface area contributed by atoms with Crippen molar-refractivity contribution in [3.05, 3.63) is 28.5 Å². The fraction of sp³-hybridized carbons (Fsp3) is 0.500. The third-order valence-corrected chi connectivity index (χ3v) is 3.64. The summed E-state index contributed by atoms with van der Waals surface area (Å²) in [5.74, 6) is -0.549. The van der Waals surface area contributed by atoms with Crippen LogP contribution >= 0.6 is 15.9 Å². The minimum Gasteiger partial charge on any atom is -0.480 e. The molecule has 0 aliphatic carbocycles. The molecule has 5 nitrogen and oxygen atoms in total. The lowest BCUT2D eigenvalue weighted by Crippen LogP contribution is -2.46. The number of nitrogens with zero attached hydrogens (tertiary/aromatic N) is 1. The zero-order valence-corrected chi connectivity index (χ0v) is 15.3. The topological polar surface area (TPSA) is 58.6 Å². The third kappa shape index (κ3) is 6.17. The van der Waals surface area contributed by atoms with E-state index in [0.717, 1.165) is 0 Å². The van der Waals surface area contributed by atoms with Gasteiger partial charge in [-0.1, -0.05) is 0 Å². The summed E-state index contributed by atoms with van der Waals surface area (Å²) in [7, 11) is 0. The first kappa shape index (κ1) is 19.4. The summed E-state index contributed by atoms with van der Waals surface area (Å²) in [6, 6.07) is 3.98. The minimum absolute atomic E-state index is 0.0140. The van der Waals surface area contributed by atoms with Gasteiger partial charge in [0.15, 0.2) is 6.10 Å². The number of carbonyl (C=O) groups excluding carboxylic acids is 2. The number of ether oxygens (including phenoxy) is 1. The average molecular weight is 389 g/mol. The van der Waals surface area contributed by atoms with E-state index in [-0.39, 0.29) is 24.4 Å². The molecule has 0 saturated heterocycles. The number of hydrogen-bond donors (Lipinski definition) is 1. The maximum atomic E-state index is 13.1. The van der Waals surface area contributed by atoms with Crippen LogP contribution in [0.25, 0.3) is 0 Å². The Kier molecular flexibility index (Phi) is 7.48. The van der Waals surface area contributed by atoms with Crippen molar-refractivity contribution >= 4 is 27.7 Å². The molecule has 1 N–H and O–H groups in total. The van der Waals surface area contributed by atoms with Crippen molar-refractivity contribution in [2.45, 2.75) is 39.8 Å². The molecule has 0 heterocycles. The smallest absolute Gasteiger partial charge is 0.263 e. The van der Waals surface area contributed by atoms with Gasteiger partial charge < -0.3 is 15.0 Å². The number of likely N-dealkylation sites (N-methyl/N-ethyl adjacent to an activating group) is 1. The SMILES string of the molecule is CCN(CC(=O)NC(C)C)C(=O)C(C)Oc1ccc(F)cc1Br. The highest BCUT2D eigenvalue weighted by atomic mass is 79.9. The van der Waals surface area contributed by atoms with Gasteiger partial charge in [-0.2, -0.15) is 0 Å². The molecule has 23 heavy (non-hydrogen) atoms. The van der Waals surface area contributed by atoms with Gasteiger partial charge in [-0.25, -0.2) is 4.39 Å². The number of nitrogens with one attached hydrogen (secondary N) is 1. The molecule has 0 spiro atoms. The highest BCUT2D eigenvalue weighted by molar-refractivity contribution is 9.10. The van der Waals surface area contributed by atoms with E-state index in [1.165, 1.54) is 23.1 Å². The molecule has 7 heteroatoms. The van der Waals surface area contributed by atoms with Crippen LogP contribution in [0, 0.1) is 5.82 Å². The van der Waals surface area contributed by atoms with Crippen LogP contribution in [-0.4, -0.2) is 41.9 Å². The molecule has 0 aliphatic rings. The Morgan fingerprint density at radius 2 is 2.00 bits per heavy atom. The Hall–Kier alpha value is -1.63. The lowest BCUT2D eigenvalue weighted by Gasteiger charge is -2.25. The van der Waals surface area contributed by atoms with E-state index < -0.39 is 11.9 Å². The maximum absolute atomic E-state index is 13.1. The second-order valence-electron chi connectivity index (χ2n) is 5.41. The largest absolute Gasteiger partial charge is 0.480 e. The molecular formula is C16H22BrFN2O3. The van der Waals surface area contributed by atoms with Crippen molar-refractivity contribution in [2.75, 3.05) is 13.1 Å².